The lowest BCUT2D eigenvalue weighted by molar-refractivity contribution is -0.156. The number of likely N-dealkylation sites (N-methyl/N-ethyl adjacent to an activating group) is 1. The number of ether oxygens (including phenoxy) is 1. The van der Waals surface area contributed by atoms with Crippen LogP contribution in [0.15, 0.2) is 30.3 Å². The molecule has 0 saturated heterocycles. The lowest BCUT2D eigenvalue weighted by atomic mass is 9.77. The molecule has 0 unspecified atom stereocenters. The average Bonchev–Trinajstić information content (AvgIpc) is 2.40. The minimum absolute atomic E-state index is 0.261. The lowest BCUT2D eigenvalue weighted by Crippen LogP contribution is -2.49. The summed E-state index contributed by atoms with van der Waals surface area (Å²) < 4.78 is 4.85. The molecule has 1 aromatic carbocycles. The summed E-state index contributed by atoms with van der Waals surface area (Å²) in [5.74, 6) is -0.780. The average molecular weight is 249 g/mol. The Kier molecular flexibility index (Phi) is 4.48. The SMILES string of the molecule is CC[C@@](C(=O)OC)(C(=O)N(C)C)c1ccccc1. The Morgan fingerprint density at radius 1 is 1.22 bits per heavy atom. The van der Waals surface area contributed by atoms with Gasteiger partial charge < -0.3 is 9.64 Å². The van der Waals surface area contributed by atoms with E-state index in [0.29, 0.717) is 12.0 Å². The van der Waals surface area contributed by atoms with Gasteiger partial charge in [0.15, 0.2) is 5.41 Å². The predicted molar refractivity (Wildman–Crippen MR) is 69.1 cm³/mol. The van der Waals surface area contributed by atoms with E-state index < -0.39 is 11.4 Å². The quantitative estimate of drug-likeness (QED) is 0.601. The van der Waals surface area contributed by atoms with Crippen molar-refractivity contribution in [2.75, 3.05) is 21.2 Å². The summed E-state index contributed by atoms with van der Waals surface area (Å²) >= 11 is 0. The number of rotatable bonds is 4. The van der Waals surface area contributed by atoms with Gasteiger partial charge >= 0.3 is 5.97 Å². The number of benzene rings is 1. The zero-order chi connectivity index (χ0) is 13.8. The van der Waals surface area contributed by atoms with E-state index in [2.05, 4.69) is 0 Å². The predicted octanol–water partition coefficient (Wildman–Crippen LogP) is 1.60. The molecule has 0 bridgehead atoms. The molecule has 0 radical (unpaired) electrons. The fourth-order valence-electron chi connectivity index (χ4n) is 2.11. The Morgan fingerprint density at radius 3 is 2.17 bits per heavy atom. The van der Waals surface area contributed by atoms with Crippen molar-refractivity contribution in [1.82, 2.24) is 4.90 Å². The zero-order valence-corrected chi connectivity index (χ0v) is 11.3. The van der Waals surface area contributed by atoms with E-state index in [9.17, 15) is 9.59 Å². The fraction of sp³-hybridized carbons (Fsp3) is 0.429. The van der Waals surface area contributed by atoms with Crippen LogP contribution >= 0.6 is 0 Å². The molecule has 0 spiro atoms. The van der Waals surface area contributed by atoms with E-state index >= 15 is 0 Å². The van der Waals surface area contributed by atoms with E-state index in [4.69, 9.17) is 4.74 Å². The van der Waals surface area contributed by atoms with Gasteiger partial charge in [0.1, 0.15) is 0 Å². The van der Waals surface area contributed by atoms with E-state index in [1.807, 2.05) is 25.1 Å². The Bertz CT molecular complexity index is 428. The van der Waals surface area contributed by atoms with E-state index in [-0.39, 0.29) is 5.91 Å². The third-order valence-electron chi connectivity index (χ3n) is 3.10. The van der Waals surface area contributed by atoms with E-state index in [1.165, 1.54) is 12.0 Å². The molecule has 0 N–H and O–H groups in total. The summed E-state index contributed by atoms with van der Waals surface area (Å²) in [5.41, 5.74) is -0.586. The second-order valence-corrected chi connectivity index (χ2v) is 4.32. The standard InChI is InChI=1S/C14H19NO3/c1-5-14(13(17)18-4,12(16)15(2)3)11-9-7-6-8-10-11/h6-10H,5H2,1-4H3/t14-/m0/s1. The van der Waals surface area contributed by atoms with Gasteiger partial charge in [-0.1, -0.05) is 37.3 Å². The zero-order valence-electron chi connectivity index (χ0n) is 11.3. The van der Waals surface area contributed by atoms with Crippen molar-refractivity contribution in [3.63, 3.8) is 0 Å². The third-order valence-corrected chi connectivity index (χ3v) is 3.10. The van der Waals surface area contributed by atoms with Crippen molar-refractivity contribution in [2.45, 2.75) is 18.8 Å². The number of hydrogen-bond acceptors (Lipinski definition) is 3. The first kappa shape index (κ1) is 14.2. The number of carbonyl (C=O) groups excluding carboxylic acids is 2. The molecule has 98 valence electrons. The Morgan fingerprint density at radius 2 is 1.78 bits per heavy atom. The van der Waals surface area contributed by atoms with Crippen LogP contribution in [0, 0.1) is 0 Å². The number of hydrogen-bond donors (Lipinski definition) is 0. The number of carbonyl (C=O) groups is 2. The summed E-state index contributed by atoms with van der Waals surface area (Å²) in [4.78, 5) is 26.0. The first-order valence-corrected chi connectivity index (χ1v) is 5.86. The van der Waals surface area contributed by atoms with Crippen molar-refractivity contribution in [2.24, 2.45) is 0 Å². The van der Waals surface area contributed by atoms with Crippen molar-refractivity contribution in [3.05, 3.63) is 35.9 Å². The van der Waals surface area contributed by atoms with Crippen LogP contribution in [-0.2, 0) is 19.7 Å². The van der Waals surface area contributed by atoms with Gasteiger partial charge in [0.25, 0.3) is 0 Å². The normalized spacial score (nSPS) is 13.6. The molecule has 1 rings (SSSR count). The summed E-state index contributed by atoms with van der Waals surface area (Å²) in [6.45, 7) is 1.81. The van der Waals surface area contributed by atoms with Crippen molar-refractivity contribution in [1.29, 1.82) is 0 Å². The fourth-order valence-corrected chi connectivity index (χ4v) is 2.11. The topological polar surface area (TPSA) is 46.6 Å². The summed E-state index contributed by atoms with van der Waals surface area (Å²) in [6, 6.07) is 9.03. The minimum Gasteiger partial charge on any atom is -0.468 e. The second-order valence-electron chi connectivity index (χ2n) is 4.32. The Balaban J connectivity index is 3.41. The molecule has 1 atom stereocenters. The van der Waals surface area contributed by atoms with Crippen LogP contribution in [0.5, 0.6) is 0 Å². The number of methoxy groups -OCH3 is 1. The lowest BCUT2D eigenvalue weighted by Gasteiger charge is -2.31. The van der Waals surface area contributed by atoms with Crippen LogP contribution < -0.4 is 0 Å². The molecular weight excluding hydrogens is 230 g/mol. The molecule has 0 heterocycles. The van der Waals surface area contributed by atoms with Gasteiger partial charge in [-0.25, -0.2) is 0 Å². The number of amides is 1. The molecule has 0 aliphatic carbocycles. The molecule has 4 nitrogen and oxygen atoms in total. The maximum absolute atomic E-state index is 12.4. The van der Waals surface area contributed by atoms with Crippen molar-refractivity contribution in [3.8, 4) is 0 Å². The van der Waals surface area contributed by atoms with Gasteiger partial charge in [-0.05, 0) is 12.0 Å². The van der Waals surface area contributed by atoms with Crippen LogP contribution in [0.4, 0.5) is 0 Å². The van der Waals surface area contributed by atoms with Crippen LogP contribution in [-0.4, -0.2) is 38.0 Å². The second kappa shape index (κ2) is 5.67. The third kappa shape index (κ3) is 2.23. The summed E-state index contributed by atoms with van der Waals surface area (Å²) in [5, 5.41) is 0. The van der Waals surface area contributed by atoms with Crippen LogP contribution in [0.25, 0.3) is 0 Å². The first-order valence-electron chi connectivity index (χ1n) is 5.86. The number of nitrogens with zero attached hydrogens (tertiary/aromatic N) is 1. The van der Waals surface area contributed by atoms with E-state index in [1.54, 1.807) is 26.2 Å². The molecular formula is C14H19NO3. The minimum atomic E-state index is -1.25. The van der Waals surface area contributed by atoms with Gasteiger partial charge in [0.05, 0.1) is 7.11 Å². The summed E-state index contributed by atoms with van der Waals surface area (Å²) in [7, 11) is 4.58. The molecule has 18 heavy (non-hydrogen) atoms. The maximum Gasteiger partial charge on any atom is 0.325 e. The van der Waals surface area contributed by atoms with Gasteiger partial charge in [-0.2, -0.15) is 0 Å². The van der Waals surface area contributed by atoms with Gasteiger partial charge in [0, 0.05) is 14.1 Å². The highest BCUT2D eigenvalue weighted by atomic mass is 16.5. The molecule has 0 aromatic heterocycles. The first-order chi connectivity index (χ1) is 8.50. The van der Waals surface area contributed by atoms with Crippen molar-refractivity contribution >= 4 is 11.9 Å². The van der Waals surface area contributed by atoms with Crippen LogP contribution in [0.2, 0.25) is 0 Å². The molecule has 0 saturated carbocycles. The molecule has 1 aromatic rings. The molecule has 1 amide bonds. The maximum atomic E-state index is 12.4. The molecule has 0 fully saturated rings. The smallest absolute Gasteiger partial charge is 0.325 e. The highest BCUT2D eigenvalue weighted by molar-refractivity contribution is 6.08. The van der Waals surface area contributed by atoms with E-state index in [0.717, 1.165) is 0 Å². The molecule has 4 heteroatoms. The van der Waals surface area contributed by atoms with Gasteiger partial charge in [0.2, 0.25) is 5.91 Å². The Labute approximate surface area is 108 Å². The summed E-state index contributed by atoms with van der Waals surface area (Å²) in [6.07, 6.45) is 0.362. The van der Waals surface area contributed by atoms with Gasteiger partial charge in [-0.3, -0.25) is 9.59 Å². The highest BCUT2D eigenvalue weighted by Crippen LogP contribution is 2.31. The Hall–Kier alpha value is -1.84. The van der Waals surface area contributed by atoms with Crippen molar-refractivity contribution < 1.29 is 14.3 Å². The van der Waals surface area contributed by atoms with Crippen LogP contribution in [0.3, 0.4) is 0 Å². The highest BCUT2D eigenvalue weighted by Gasteiger charge is 2.47. The molecule has 0 aliphatic heterocycles. The van der Waals surface area contributed by atoms with Crippen LogP contribution in [0.1, 0.15) is 18.9 Å². The number of esters is 1. The molecule has 0 aliphatic rings. The monoisotopic (exact) mass is 249 g/mol. The largest absolute Gasteiger partial charge is 0.468 e. The van der Waals surface area contributed by atoms with Gasteiger partial charge in [-0.15, -0.1) is 0 Å².